The molecule has 0 spiro atoms. The maximum absolute atomic E-state index is 11.4. The molecule has 4 N–H and O–H groups in total. The first-order chi connectivity index (χ1) is 6.96. The number of nitrogens with one attached hydrogen (secondary N) is 2. The Morgan fingerprint density at radius 3 is 2.73 bits per heavy atom. The summed E-state index contributed by atoms with van der Waals surface area (Å²) in [5.74, 6) is 0.389. The number of sulfone groups is 1. The van der Waals surface area contributed by atoms with Gasteiger partial charge in [0.25, 0.3) is 0 Å². The molecular formula is C8H16N4O2S. The number of nitrogens with zero attached hydrogens (tertiary/aromatic N) is 1. The van der Waals surface area contributed by atoms with Crippen LogP contribution in [-0.2, 0) is 9.84 Å². The van der Waals surface area contributed by atoms with Gasteiger partial charge in [-0.25, -0.2) is 8.42 Å². The Hall–Kier alpha value is -1.24. The van der Waals surface area contributed by atoms with Crippen molar-refractivity contribution in [3.05, 3.63) is 0 Å². The first-order valence-electron chi connectivity index (χ1n) is 4.74. The van der Waals surface area contributed by atoms with E-state index in [0.29, 0.717) is 12.4 Å². The molecule has 0 unspecified atom stereocenters. The standard InChI is InChI=1S/C8H16N4O2S/c1-3-4-5-10-8-6(15(2,13)14)7(9)11-12-8/h3-5H2,1-2H3,(H4,9,10,11,12). The van der Waals surface area contributed by atoms with E-state index in [-0.39, 0.29) is 10.7 Å². The van der Waals surface area contributed by atoms with E-state index < -0.39 is 9.84 Å². The van der Waals surface area contributed by atoms with Gasteiger partial charge in [-0.15, -0.1) is 0 Å². The summed E-state index contributed by atoms with van der Waals surface area (Å²) in [4.78, 5) is 0.0543. The molecule has 0 amide bonds. The lowest BCUT2D eigenvalue weighted by atomic mass is 10.3. The number of nitrogen functional groups attached to an aromatic ring is 1. The number of rotatable bonds is 5. The van der Waals surface area contributed by atoms with Crippen LogP contribution in [0, 0.1) is 0 Å². The van der Waals surface area contributed by atoms with Crippen molar-refractivity contribution >= 4 is 21.5 Å². The molecule has 0 aliphatic rings. The second-order valence-corrected chi connectivity index (χ2v) is 5.32. The molecule has 0 fully saturated rings. The topological polar surface area (TPSA) is 101 Å². The van der Waals surface area contributed by atoms with Gasteiger partial charge in [0, 0.05) is 12.8 Å². The van der Waals surface area contributed by atoms with Crippen molar-refractivity contribution in [2.24, 2.45) is 0 Å². The molecule has 1 aromatic rings. The number of H-pyrrole nitrogens is 1. The highest BCUT2D eigenvalue weighted by Crippen LogP contribution is 2.24. The Bertz CT molecular complexity index is 424. The molecule has 86 valence electrons. The maximum Gasteiger partial charge on any atom is 0.182 e. The van der Waals surface area contributed by atoms with Crippen molar-refractivity contribution in [1.82, 2.24) is 10.2 Å². The zero-order chi connectivity index (χ0) is 11.5. The van der Waals surface area contributed by atoms with E-state index in [9.17, 15) is 8.42 Å². The summed E-state index contributed by atoms with van der Waals surface area (Å²) < 4.78 is 22.8. The van der Waals surface area contributed by atoms with Gasteiger partial charge < -0.3 is 11.1 Å². The number of hydrogen-bond donors (Lipinski definition) is 3. The van der Waals surface area contributed by atoms with Crippen molar-refractivity contribution < 1.29 is 8.42 Å². The molecule has 0 saturated carbocycles. The van der Waals surface area contributed by atoms with E-state index in [4.69, 9.17) is 5.73 Å². The van der Waals surface area contributed by atoms with Crippen molar-refractivity contribution in [2.75, 3.05) is 23.9 Å². The molecule has 0 aliphatic carbocycles. The van der Waals surface area contributed by atoms with Gasteiger partial charge in [-0.3, -0.25) is 5.10 Å². The normalized spacial score (nSPS) is 11.6. The summed E-state index contributed by atoms with van der Waals surface area (Å²) in [6, 6.07) is 0. The van der Waals surface area contributed by atoms with Gasteiger partial charge in [-0.2, -0.15) is 5.10 Å². The molecule has 0 aliphatic heterocycles. The minimum Gasteiger partial charge on any atom is -0.383 e. The van der Waals surface area contributed by atoms with E-state index in [0.717, 1.165) is 19.1 Å². The van der Waals surface area contributed by atoms with Crippen LogP contribution in [0.3, 0.4) is 0 Å². The van der Waals surface area contributed by atoms with Crippen molar-refractivity contribution in [2.45, 2.75) is 24.7 Å². The predicted molar refractivity (Wildman–Crippen MR) is 59.5 cm³/mol. The Morgan fingerprint density at radius 2 is 2.20 bits per heavy atom. The Balaban J connectivity index is 2.90. The number of nitrogens with two attached hydrogens (primary N) is 1. The van der Waals surface area contributed by atoms with Crippen molar-refractivity contribution in [3.63, 3.8) is 0 Å². The summed E-state index contributed by atoms with van der Waals surface area (Å²) in [5.41, 5.74) is 5.49. The molecule has 6 nitrogen and oxygen atoms in total. The molecule has 0 radical (unpaired) electrons. The third-order valence-corrected chi connectivity index (χ3v) is 3.10. The summed E-state index contributed by atoms with van der Waals surface area (Å²) in [6.07, 6.45) is 3.09. The van der Waals surface area contributed by atoms with Gasteiger partial charge in [0.05, 0.1) is 0 Å². The quantitative estimate of drug-likeness (QED) is 0.646. The van der Waals surface area contributed by atoms with Crippen LogP contribution in [0.4, 0.5) is 11.6 Å². The van der Waals surface area contributed by atoms with Gasteiger partial charge >= 0.3 is 0 Å². The monoisotopic (exact) mass is 232 g/mol. The maximum atomic E-state index is 11.4. The van der Waals surface area contributed by atoms with Crippen LogP contribution in [0.1, 0.15) is 19.8 Å². The summed E-state index contributed by atoms with van der Waals surface area (Å²) in [6.45, 7) is 2.74. The number of unbranched alkanes of at least 4 members (excludes halogenated alkanes) is 1. The van der Waals surface area contributed by atoms with Gasteiger partial charge in [0.15, 0.2) is 20.6 Å². The number of anilines is 2. The summed E-state index contributed by atoms with van der Waals surface area (Å²) >= 11 is 0. The lowest BCUT2D eigenvalue weighted by molar-refractivity contribution is 0.602. The van der Waals surface area contributed by atoms with E-state index in [2.05, 4.69) is 22.4 Å². The van der Waals surface area contributed by atoms with Gasteiger partial charge in [0.1, 0.15) is 5.82 Å². The average Bonchev–Trinajstić information content (AvgIpc) is 2.47. The Labute approximate surface area is 89.2 Å². The molecule has 0 atom stereocenters. The van der Waals surface area contributed by atoms with E-state index in [1.165, 1.54) is 0 Å². The van der Waals surface area contributed by atoms with Crippen LogP contribution in [-0.4, -0.2) is 31.4 Å². The van der Waals surface area contributed by atoms with Crippen LogP contribution in [0.25, 0.3) is 0 Å². The van der Waals surface area contributed by atoms with Gasteiger partial charge in [0.2, 0.25) is 0 Å². The fourth-order valence-electron chi connectivity index (χ4n) is 1.22. The minimum absolute atomic E-state index is 0.0543. The van der Waals surface area contributed by atoms with Crippen molar-refractivity contribution in [1.29, 1.82) is 0 Å². The summed E-state index contributed by atoms with van der Waals surface area (Å²) in [7, 11) is -3.34. The zero-order valence-corrected chi connectivity index (χ0v) is 9.69. The van der Waals surface area contributed by atoms with E-state index >= 15 is 0 Å². The van der Waals surface area contributed by atoms with Crippen LogP contribution in [0.2, 0.25) is 0 Å². The number of aromatic nitrogens is 2. The van der Waals surface area contributed by atoms with Crippen LogP contribution >= 0.6 is 0 Å². The smallest absolute Gasteiger partial charge is 0.182 e. The number of hydrogen-bond acceptors (Lipinski definition) is 5. The van der Waals surface area contributed by atoms with Crippen LogP contribution < -0.4 is 11.1 Å². The lowest BCUT2D eigenvalue weighted by Crippen LogP contribution is -2.07. The largest absolute Gasteiger partial charge is 0.383 e. The highest BCUT2D eigenvalue weighted by Gasteiger charge is 2.20. The van der Waals surface area contributed by atoms with E-state index in [1.807, 2.05) is 0 Å². The Kier molecular flexibility index (Phi) is 3.57. The molecule has 1 rings (SSSR count). The van der Waals surface area contributed by atoms with E-state index in [1.54, 1.807) is 0 Å². The molecule has 0 saturated heterocycles. The molecule has 1 aromatic heterocycles. The molecule has 7 heteroatoms. The predicted octanol–water partition coefficient (Wildman–Crippen LogP) is 0.607. The molecule has 0 bridgehead atoms. The minimum atomic E-state index is -3.34. The van der Waals surface area contributed by atoms with Crippen LogP contribution in [0.5, 0.6) is 0 Å². The Morgan fingerprint density at radius 1 is 1.53 bits per heavy atom. The average molecular weight is 232 g/mol. The molecular weight excluding hydrogens is 216 g/mol. The first kappa shape index (κ1) is 11.8. The first-order valence-corrected chi connectivity index (χ1v) is 6.63. The zero-order valence-electron chi connectivity index (χ0n) is 8.87. The molecule has 1 heterocycles. The van der Waals surface area contributed by atoms with Gasteiger partial charge in [-0.05, 0) is 6.42 Å². The van der Waals surface area contributed by atoms with Gasteiger partial charge in [-0.1, -0.05) is 13.3 Å². The fourth-order valence-corrected chi connectivity index (χ4v) is 2.14. The number of aromatic amines is 1. The van der Waals surface area contributed by atoms with Crippen molar-refractivity contribution in [3.8, 4) is 0 Å². The summed E-state index contributed by atoms with van der Waals surface area (Å²) in [5, 5.41) is 9.21. The fraction of sp³-hybridized carbons (Fsp3) is 0.625. The molecule has 0 aromatic carbocycles. The second kappa shape index (κ2) is 4.52. The molecule has 15 heavy (non-hydrogen) atoms. The SMILES string of the molecule is CCCCNc1n[nH]c(N)c1S(C)(=O)=O. The third-order valence-electron chi connectivity index (χ3n) is 1.94. The third kappa shape index (κ3) is 2.85. The highest BCUT2D eigenvalue weighted by molar-refractivity contribution is 7.91. The lowest BCUT2D eigenvalue weighted by Gasteiger charge is -2.03. The highest BCUT2D eigenvalue weighted by atomic mass is 32.2. The van der Waals surface area contributed by atoms with Crippen LogP contribution in [0.15, 0.2) is 4.90 Å². The second-order valence-electron chi connectivity index (χ2n) is 3.37.